The van der Waals surface area contributed by atoms with Gasteiger partial charge in [0.2, 0.25) is 0 Å². The van der Waals surface area contributed by atoms with Gasteiger partial charge >= 0.3 is 0 Å². The molecule has 0 radical (unpaired) electrons. The maximum Gasteiger partial charge on any atom is 0.262 e. The van der Waals surface area contributed by atoms with Crippen molar-refractivity contribution in [3.63, 3.8) is 0 Å². The number of rotatable bonds is 7. The smallest absolute Gasteiger partial charge is 0.262 e. The monoisotopic (exact) mass is 492 g/mol. The molecule has 0 bridgehead atoms. The van der Waals surface area contributed by atoms with Crippen LogP contribution in [0.1, 0.15) is 43.9 Å². The molecule has 5 rings (SSSR count). The highest BCUT2D eigenvalue weighted by atomic mass is 16.5. The summed E-state index contributed by atoms with van der Waals surface area (Å²) in [4.78, 5) is 18.3. The summed E-state index contributed by atoms with van der Waals surface area (Å²) in [6, 6.07) is 14.1. The Balaban J connectivity index is 0.00000148. The number of aliphatic hydroxyl groups is 1. The average molecular weight is 493 g/mol. The van der Waals surface area contributed by atoms with Crippen molar-refractivity contribution in [3.05, 3.63) is 59.8 Å². The van der Waals surface area contributed by atoms with E-state index >= 15 is 0 Å². The molecule has 0 spiro atoms. The number of aromatic nitrogens is 1. The number of hydrogen-bond donors (Lipinski definition) is 3. The maximum atomic E-state index is 11.6. The molecule has 8 nitrogen and oxygen atoms in total. The summed E-state index contributed by atoms with van der Waals surface area (Å²) >= 11 is 0. The number of aliphatic hydroxyl groups excluding tert-OH is 1. The fourth-order valence-corrected chi connectivity index (χ4v) is 4.72. The summed E-state index contributed by atoms with van der Waals surface area (Å²) in [6.07, 6.45) is 3.14. The molecule has 0 aliphatic carbocycles. The predicted octanol–water partition coefficient (Wildman–Crippen LogP) is 3.89. The number of anilines is 1. The van der Waals surface area contributed by atoms with E-state index in [1.54, 1.807) is 13.3 Å². The van der Waals surface area contributed by atoms with Crippen molar-refractivity contribution in [1.82, 2.24) is 15.2 Å². The highest BCUT2D eigenvalue weighted by molar-refractivity contribution is 5.95. The molecule has 1 fully saturated rings. The van der Waals surface area contributed by atoms with E-state index in [0.29, 0.717) is 18.3 Å². The molecule has 1 saturated heterocycles. The molecule has 36 heavy (non-hydrogen) atoms. The van der Waals surface area contributed by atoms with Crippen LogP contribution in [0.25, 0.3) is 10.9 Å². The Kier molecular flexibility index (Phi) is 8.74. The summed E-state index contributed by atoms with van der Waals surface area (Å²) < 4.78 is 10.7. The first-order valence-electron chi connectivity index (χ1n) is 12.7. The largest absolute Gasteiger partial charge is 0.495 e. The average Bonchev–Trinajstić information content (AvgIpc) is 2.92. The molecule has 0 saturated carbocycles. The van der Waals surface area contributed by atoms with Crippen LogP contribution in [0.4, 0.5) is 5.69 Å². The third-order valence-electron chi connectivity index (χ3n) is 6.62. The summed E-state index contributed by atoms with van der Waals surface area (Å²) in [7, 11) is 1.62. The first-order chi connectivity index (χ1) is 17.6. The summed E-state index contributed by atoms with van der Waals surface area (Å²) in [6.45, 7) is 7.25. The minimum Gasteiger partial charge on any atom is -0.495 e. The fourth-order valence-electron chi connectivity index (χ4n) is 4.72. The van der Waals surface area contributed by atoms with E-state index < -0.39 is 6.10 Å². The summed E-state index contributed by atoms with van der Waals surface area (Å²) in [5, 5.41) is 18.4. The number of nitrogens with zero attached hydrogens (tertiary/aromatic N) is 2. The second-order valence-corrected chi connectivity index (χ2v) is 8.93. The number of benzene rings is 2. The van der Waals surface area contributed by atoms with Gasteiger partial charge in [-0.2, -0.15) is 0 Å². The molecule has 1 unspecified atom stereocenters. The zero-order valence-electron chi connectivity index (χ0n) is 21.3. The Bertz CT molecular complexity index is 1180. The van der Waals surface area contributed by atoms with Gasteiger partial charge in [0.15, 0.2) is 6.61 Å². The third kappa shape index (κ3) is 6.13. The van der Waals surface area contributed by atoms with Gasteiger partial charge in [0.25, 0.3) is 5.91 Å². The quantitative estimate of drug-likeness (QED) is 0.461. The normalized spacial score (nSPS) is 16.8. The number of β-amino-alcohol motifs (C(OH)–C–C–N with tert-alkyl or cyclic N) is 1. The Morgan fingerprint density at radius 3 is 2.81 bits per heavy atom. The Morgan fingerprint density at radius 2 is 2.03 bits per heavy atom. The maximum absolute atomic E-state index is 11.6. The van der Waals surface area contributed by atoms with Crippen molar-refractivity contribution in [2.75, 3.05) is 38.7 Å². The van der Waals surface area contributed by atoms with E-state index in [-0.39, 0.29) is 12.5 Å². The number of carbonyl (C=O) groups excluding carboxylic acids is 1. The van der Waals surface area contributed by atoms with Crippen molar-refractivity contribution >= 4 is 22.5 Å². The minimum atomic E-state index is -0.588. The molecular weight excluding hydrogens is 456 g/mol. The lowest BCUT2D eigenvalue weighted by Crippen LogP contribution is -2.43. The van der Waals surface area contributed by atoms with Crippen LogP contribution in [-0.4, -0.2) is 60.3 Å². The van der Waals surface area contributed by atoms with Gasteiger partial charge in [0, 0.05) is 24.5 Å². The zero-order chi connectivity index (χ0) is 25.5. The Labute approximate surface area is 212 Å². The van der Waals surface area contributed by atoms with Crippen LogP contribution in [-0.2, 0) is 11.3 Å². The van der Waals surface area contributed by atoms with Gasteiger partial charge in [-0.1, -0.05) is 32.0 Å². The fraction of sp³-hybridized carbons (Fsp3) is 0.429. The van der Waals surface area contributed by atoms with Crippen molar-refractivity contribution in [2.45, 2.75) is 45.4 Å². The van der Waals surface area contributed by atoms with Crippen LogP contribution in [0.3, 0.4) is 0 Å². The van der Waals surface area contributed by atoms with Crippen molar-refractivity contribution < 1.29 is 19.4 Å². The first kappa shape index (κ1) is 25.9. The minimum absolute atomic E-state index is 0.0729. The number of amides is 1. The number of hydrogen-bond acceptors (Lipinski definition) is 7. The van der Waals surface area contributed by atoms with Gasteiger partial charge in [-0.25, -0.2) is 0 Å². The number of piperidine rings is 1. The van der Waals surface area contributed by atoms with E-state index in [1.807, 2.05) is 56.3 Å². The number of ether oxygens (including phenoxy) is 2. The SMILES string of the molecule is CC.COc1cnc2cccc(C(O)CN3CCC(NCc4ccc5c(c4)NC(=O)CO5)CC3)c2c1. The molecule has 8 heteroatoms. The van der Waals surface area contributed by atoms with E-state index in [9.17, 15) is 9.90 Å². The molecule has 1 atom stereocenters. The molecule has 192 valence electrons. The number of pyridine rings is 1. The molecule has 2 aromatic carbocycles. The molecular formula is C28H36N4O4. The third-order valence-corrected chi connectivity index (χ3v) is 6.62. The number of fused-ring (bicyclic) bond motifs is 2. The lowest BCUT2D eigenvalue weighted by Gasteiger charge is -2.34. The highest BCUT2D eigenvalue weighted by Gasteiger charge is 2.23. The van der Waals surface area contributed by atoms with Crippen LogP contribution in [0.2, 0.25) is 0 Å². The summed E-state index contributed by atoms with van der Waals surface area (Å²) in [5.74, 6) is 1.29. The van der Waals surface area contributed by atoms with E-state index in [4.69, 9.17) is 9.47 Å². The molecule has 3 N–H and O–H groups in total. The Hall–Kier alpha value is -3.20. The molecule has 1 aromatic heterocycles. The van der Waals surface area contributed by atoms with Gasteiger partial charge in [0.1, 0.15) is 11.5 Å². The van der Waals surface area contributed by atoms with Crippen LogP contribution >= 0.6 is 0 Å². The second kappa shape index (κ2) is 12.2. The zero-order valence-corrected chi connectivity index (χ0v) is 21.3. The van der Waals surface area contributed by atoms with E-state index in [0.717, 1.165) is 65.9 Å². The van der Waals surface area contributed by atoms with Crippen molar-refractivity contribution in [3.8, 4) is 11.5 Å². The second-order valence-electron chi connectivity index (χ2n) is 8.93. The van der Waals surface area contributed by atoms with Crippen molar-refractivity contribution in [1.29, 1.82) is 0 Å². The van der Waals surface area contributed by atoms with Crippen LogP contribution < -0.4 is 20.1 Å². The van der Waals surface area contributed by atoms with Gasteiger partial charge in [-0.15, -0.1) is 0 Å². The van der Waals surface area contributed by atoms with Crippen LogP contribution in [0.5, 0.6) is 11.5 Å². The lowest BCUT2D eigenvalue weighted by molar-refractivity contribution is -0.118. The number of methoxy groups -OCH3 is 1. The number of likely N-dealkylation sites (tertiary alicyclic amines) is 1. The van der Waals surface area contributed by atoms with Crippen LogP contribution in [0.15, 0.2) is 48.7 Å². The first-order valence-corrected chi connectivity index (χ1v) is 12.7. The van der Waals surface area contributed by atoms with Gasteiger partial charge in [-0.05, 0) is 61.3 Å². The molecule has 3 aromatic rings. The number of carbonyl (C=O) groups is 1. The predicted molar refractivity (Wildman–Crippen MR) is 141 cm³/mol. The molecule has 1 amide bonds. The molecule has 2 aliphatic heterocycles. The lowest BCUT2D eigenvalue weighted by atomic mass is 10.0. The van der Waals surface area contributed by atoms with E-state index in [2.05, 4.69) is 20.5 Å². The topological polar surface area (TPSA) is 96.0 Å². The van der Waals surface area contributed by atoms with E-state index in [1.165, 1.54) is 0 Å². The number of nitrogens with one attached hydrogen (secondary N) is 2. The van der Waals surface area contributed by atoms with Crippen molar-refractivity contribution in [2.24, 2.45) is 0 Å². The van der Waals surface area contributed by atoms with Crippen LogP contribution in [0, 0.1) is 0 Å². The Morgan fingerprint density at radius 1 is 1.22 bits per heavy atom. The van der Waals surface area contributed by atoms with Gasteiger partial charge in [0.05, 0.1) is 30.6 Å². The standard InChI is InChI=1S/C26H30N4O4.C2H6/c1-33-19-12-21-20(3-2-4-22(21)28-14-19)24(31)15-30-9-7-18(8-10-30)27-13-17-5-6-25-23(11-17)29-26(32)16-34-25;1-2/h2-6,11-12,14,18,24,27,31H,7-10,13,15-16H2,1H3,(H,29,32);1-2H3. The highest BCUT2D eigenvalue weighted by Crippen LogP contribution is 2.29. The van der Waals surface area contributed by atoms with Gasteiger partial charge in [-0.3, -0.25) is 9.78 Å². The molecule has 2 aliphatic rings. The summed E-state index contributed by atoms with van der Waals surface area (Å²) in [5.41, 5.74) is 3.59. The molecule has 3 heterocycles. The van der Waals surface area contributed by atoms with Gasteiger partial charge < -0.3 is 30.1 Å².